The monoisotopic (exact) mass is 415 g/mol. The van der Waals surface area contributed by atoms with Gasteiger partial charge in [0.2, 0.25) is 0 Å². The number of unbranched alkanes of at least 4 members (excludes halogenated alkanes) is 3. The van der Waals surface area contributed by atoms with Crippen LogP contribution < -0.4 is 0 Å². The molecule has 4 fully saturated rings. The molecule has 30 heavy (non-hydrogen) atoms. The highest BCUT2D eigenvalue weighted by Gasteiger charge is 2.60. The van der Waals surface area contributed by atoms with E-state index in [0.717, 1.165) is 69.3 Å². The summed E-state index contributed by atoms with van der Waals surface area (Å²) in [5, 5.41) is 3.61. The van der Waals surface area contributed by atoms with E-state index in [4.69, 9.17) is 10.3 Å². The Hall–Kier alpha value is -1.06. The summed E-state index contributed by atoms with van der Waals surface area (Å²) in [6.07, 6.45) is 15.5. The molecule has 0 spiro atoms. The van der Waals surface area contributed by atoms with Crippen LogP contribution in [0, 0.1) is 34.5 Å². The van der Waals surface area contributed by atoms with Crippen molar-refractivity contribution < 1.29 is 9.53 Å². The van der Waals surface area contributed by atoms with Crippen LogP contribution in [0.4, 0.5) is 0 Å². The fourth-order valence-corrected chi connectivity index (χ4v) is 8.18. The molecule has 7 atom stereocenters. The number of carbonyl (C=O) groups is 1. The maximum atomic E-state index is 12.1. The Labute approximate surface area is 182 Å². The van der Waals surface area contributed by atoms with Gasteiger partial charge in [-0.05, 0) is 97.8 Å². The van der Waals surface area contributed by atoms with E-state index in [1.807, 2.05) is 0 Å². The first kappa shape index (κ1) is 22.1. The first-order chi connectivity index (χ1) is 14.5. The molecule has 0 aromatic carbocycles. The van der Waals surface area contributed by atoms with Crippen LogP contribution in [-0.2, 0) is 9.53 Å². The lowest BCUT2D eigenvalue weighted by molar-refractivity contribution is -0.145. The van der Waals surface area contributed by atoms with Gasteiger partial charge in [-0.25, -0.2) is 0 Å². The SMILES string of the molecule is C[C@]12CCC(=O)C[C@@H]1CC[C@@H]1[C@@H]2CC[C@]2(C)[C@@H](OCCCCCCN=[N+]=[N-])CC[C@@H]12. The zero-order valence-electron chi connectivity index (χ0n) is 19.2. The third kappa shape index (κ3) is 4.05. The van der Waals surface area contributed by atoms with Crippen molar-refractivity contribution >= 4 is 5.78 Å². The van der Waals surface area contributed by atoms with Crippen LogP contribution in [0.25, 0.3) is 10.4 Å². The van der Waals surface area contributed by atoms with E-state index in [2.05, 4.69) is 23.9 Å². The van der Waals surface area contributed by atoms with Crippen molar-refractivity contribution in [2.45, 2.75) is 103 Å². The Kier molecular flexibility index (Phi) is 6.79. The highest BCUT2D eigenvalue weighted by Crippen LogP contribution is 2.66. The third-order valence-electron chi connectivity index (χ3n) is 9.93. The molecule has 0 aliphatic heterocycles. The number of Topliss-reactive ketones (excluding diaryl/α,β-unsaturated/α-hetero) is 1. The average molecular weight is 416 g/mol. The second-order valence-corrected chi connectivity index (χ2v) is 11.2. The number of hydrogen-bond acceptors (Lipinski definition) is 3. The molecule has 168 valence electrons. The van der Waals surface area contributed by atoms with E-state index in [1.54, 1.807) is 0 Å². The number of rotatable bonds is 8. The van der Waals surface area contributed by atoms with Crippen LogP contribution in [0.1, 0.15) is 97.3 Å². The van der Waals surface area contributed by atoms with Gasteiger partial charge in [-0.2, -0.15) is 0 Å². The fraction of sp³-hybridized carbons (Fsp3) is 0.960. The predicted octanol–water partition coefficient (Wildman–Crippen LogP) is 6.85. The maximum absolute atomic E-state index is 12.1. The summed E-state index contributed by atoms with van der Waals surface area (Å²) >= 11 is 0. The van der Waals surface area contributed by atoms with Crippen LogP contribution in [-0.4, -0.2) is 25.0 Å². The van der Waals surface area contributed by atoms with Gasteiger partial charge < -0.3 is 4.74 Å². The molecule has 0 bridgehead atoms. The van der Waals surface area contributed by atoms with E-state index in [0.29, 0.717) is 35.2 Å². The molecule has 0 amide bonds. The summed E-state index contributed by atoms with van der Waals surface area (Å²) in [6, 6.07) is 0. The number of azide groups is 1. The van der Waals surface area contributed by atoms with Crippen LogP contribution in [0.2, 0.25) is 0 Å². The predicted molar refractivity (Wildman–Crippen MR) is 119 cm³/mol. The van der Waals surface area contributed by atoms with Crippen molar-refractivity contribution in [1.82, 2.24) is 0 Å². The van der Waals surface area contributed by atoms with E-state index in [9.17, 15) is 4.79 Å². The lowest BCUT2D eigenvalue weighted by atomic mass is 9.45. The van der Waals surface area contributed by atoms with Crippen LogP contribution in [0.15, 0.2) is 5.11 Å². The zero-order valence-corrected chi connectivity index (χ0v) is 19.2. The van der Waals surface area contributed by atoms with Crippen molar-refractivity contribution in [1.29, 1.82) is 0 Å². The van der Waals surface area contributed by atoms with Gasteiger partial charge >= 0.3 is 0 Å². The Bertz CT molecular complexity index is 675. The first-order valence-electron chi connectivity index (χ1n) is 12.6. The molecule has 5 nitrogen and oxygen atoms in total. The summed E-state index contributed by atoms with van der Waals surface area (Å²) in [5.41, 5.74) is 9.09. The third-order valence-corrected chi connectivity index (χ3v) is 9.93. The molecule has 4 aliphatic rings. The lowest BCUT2D eigenvalue weighted by Gasteiger charge is -2.60. The van der Waals surface area contributed by atoms with Gasteiger partial charge in [0.25, 0.3) is 0 Å². The minimum Gasteiger partial charge on any atom is -0.378 e. The summed E-state index contributed by atoms with van der Waals surface area (Å²) in [5.74, 6) is 3.67. The minimum absolute atomic E-state index is 0.357. The molecule has 4 saturated carbocycles. The molecule has 5 heteroatoms. The molecule has 0 N–H and O–H groups in total. The standard InChI is InChI=1S/C25H41N3O2/c1-24-13-11-19(29)17-18(24)7-8-20-21-9-10-23(25(21,2)14-12-22(20)24)30-16-6-4-3-5-15-27-28-26/h18,20-23H,3-17H2,1-2H3/t18-,20-,21-,22-,23-,24-,25-/m0/s1. The van der Waals surface area contributed by atoms with Crippen molar-refractivity contribution in [3.63, 3.8) is 0 Å². The van der Waals surface area contributed by atoms with Gasteiger partial charge in [0, 0.05) is 30.9 Å². The molecule has 0 unspecified atom stereocenters. The van der Waals surface area contributed by atoms with Crippen molar-refractivity contribution in [3.8, 4) is 0 Å². The topological polar surface area (TPSA) is 75.1 Å². The quantitative estimate of drug-likeness (QED) is 0.188. The Morgan fingerprint density at radius 2 is 1.80 bits per heavy atom. The smallest absolute Gasteiger partial charge is 0.133 e. The van der Waals surface area contributed by atoms with Crippen LogP contribution in [0.5, 0.6) is 0 Å². The van der Waals surface area contributed by atoms with E-state index >= 15 is 0 Å². The van der Waals surface area contributed by atoms with E-state index < -0.39 is 0 Å². The van der Waals surface area contributed by atoms with Gasteiger partial charge in [0.05, 0.1) is 6.10 Å². The van der Waals surface area contributed by atoms with Gasteiger partial charge in [0.15, 0.2) is 0 Å². The van der Waals surface area contributed by atoms with E-state index in [1.165, 1.54) is 38.5 Å². The Balaban J connectivity index is 1.30. The highest BCUT2D eigenvalue weighted by atomic mass is 16.5. The zero-order chi connectivity index (χ0) is 21.2. The molecule has 0 heterocycles. The minimum atomic E-state index is 0.357. The van der Waals surface area contributed by atoms with Gasteiger partial charge in [-0.1, -0.05) is 31.8 Å². The average Bonchev–Trinajstić information content (AvgIpc) is 3.07. The van der Waals surface area contributed by atoms with Gasteiger partial charge in [-0.3, -0.25) is 4.79 Å². The lowest BCUT2D eigenvalue weighted by Crippen LogP contribution is -2.54. The molecule has 4 rings (SSSR count). The van der Waals surface area contributed by atoms with E-state index in [-0.39, 0.29) is 0 Å². The molecule has 0 radical (unpaired) electrons. The summed E-state index contributed by atoms with van der Waals surface area (Å²) in [6.45, 7) is 6.57. The number of nitrogens with zero attached hydrogens (tertiary/aromatic N) is 3. The summed E-state index contributed by atoms with van der Waals surface area (Å²) in [4.78, 5) is 14.9. The number of carbonyl (C=O) groups excluding carboxylic acids is 1. The second kappa shape index (κ2) is 9.20. The summed E-state index contributed by atoms with van der Waals surface area (Å²) in [7, 11) is 0. The van der Waals surface area contributed by atoms with Crippen molar-refractivity contribution in [2.75, 3.05) is 13.2 Å². The molecule has 0 aromatic rings. The van der Waals surface area contributed by atoms with Crippen LogP contribution in [0.3, 0.4) is 0 Å². The van der Waals surface area contributed by atoms with Crippen molar-refractivity contribution in [2.24, 2.45) is 39.6 Å². The number of fused-ring (bicyclic) bond motifs is 5. The molecular weight excluding hydrogens is 374 g/mol. The fourth-order valence-electron chi connectivity index (χ4n) is 8.18. The number of ether oxygens (including phenoxy) is 1. The maximum Gasteiger partial charge on any atom is 0.133 e. The Morgan fingerprint density at radius 1 is 1.00 bits per heavy atom. The summed E-state index contributed by atoms with van der Waals surface area (Å²) < 4.78 is 6.50. The van der Waals surface area contributed by atoms with Gasteiger partial charge in [-0.15, -0.1) is 0 Å². The number of hydrogen-bond donors (Lipinski definition) is 0. The second-order valence-electron chi connectivity index (χ2n) is 11.2. The Morgan fingerprint density at radius 3 is 2.63 bits per heavy atom. The highest BCUT2D eigenvalue weighted by molar-refractivity contribution is 5.79. The van der Waals surface area contributed by atoms with Gasteiger partial charge in [0.1, 0.15) is 5.78 Å². The number of ketones is 1. The first-order valence-corrected chi connectivity index (χ1v) is 12.6. The largest absolute Gasteiger partial charge is 0.378 e. The normalized spacial score (nSPS) is 42.7. The molecule has 4 aliphatic carbocycles. The van der Waals surface area contributed by atoms with Crippen molar-refractivity contribution in [3.05, 3.63) is 10.4 Å². The molecular formula is C25H41N3O2. The molecule has 0 aromatic heterocycles. The molecule has 0 saturated heterocycles. The van der Waals surface area contributed by atoms with Crippen LogP contribution >= 0.6 is 0 Å².